The number of hydrogen-bond acceptors (Lipinski definition) is 3. The molecule has 1 aromatic heterocycles. The smallest absolute Gasteiger partial charge is 0.209 e. The van der Waals surface area contributed by atoms with Gasteiger partial charge in [-0.2, -0.15) is 0 Å². The Labute approximate surface area is 171 Å². The number of anilines is 1. The first kappa shape index (κ1) is 17.1. The number of rotatable bonds is 3. The van der Waals surface area contributed by atoms with Gasteiger partial charge in [-0.3, -0.25) is 4.57 Å². The fourth-order valence-corrected chi connectivity index (χ4v) is 3.92. The number of hydrogen-bond donors (Lipinski definition) is 1. The van der Waals surface area contributed by atoms with Crippen LogP contribution in [-0.4, -0.2) is 16.7 Å². The topological polar surface area (TPSA) is 39.1 Å². The van der Waals surface area contributed by atoms with Crippen LogP contribution in [0.25, 0.3) is 16.7 Å². The van der Waals surface area contributed by atoms with Crippen LogP contribution in [0, 0.1) is 0 Å². The Morgan fingerprint density at radius 3 is 2.46 bits per heavy atom. The number of fused-ring (bicyclic) bond motifs is 3. The standard InChI is InChI=1S/C23H18BrN3O/c1-28-18-12-8-16(9-13-18)22-14-20(15-6-10-17(24)11-7-15)26-23-25-19-4-2-3-5-21(19)27(22)23/h2-14,22H,1H3,(H,25,26). The molecule has 1 aliphatic rings. The highest BCUT2D eigenvalue weighted by Crippen LogP contribution is 2.37. The zero-order valence-corrected chi connectivity index (χ0v) is 16.8. The third-order valence-corrected chi connectivity index (χ3v) is 5.59. The van der Waals surface area contributed by atoms with E-state index in [1.54, 1.807) is 7.11 Å². The summed E-state index contributed by atoms with van der Waals surface area (Å²) in [4.78, 5) is 4.83. The molecule has 0 saturated carbocycles. The number of nitrogens with one attached hydrogen (secondary N) is 1. The number of allylic oxidation sites excluding steroid dienone is 1. The molecule has 0 aliphatic carbocycles. The van der Waals surface area contributed by atoms with Crippen molar-refractivity contribution in [3.05, 3.63) is 94.5 Å². The van der Waals surface area contributed by atoms with E-state index >= 15 is 0 Å². The Morgan fingerprint density at radius 1 is 0.964 bits per heavy atom. The van der Waals surface area contributed by atoms with Gasteiger partial charge < -0.3 is 10.1 Å². The van der Waals surface area contributed by atoms with Crippen molar-refractivity contribution in [1.82, 2.24) is 9.55 Å². The second kappa shape index (κ2) is 6.84. The summed E-state index contributed by atoms with van der Waals surface area (Å²) in [7, 11) is 1.69. The average Bonchev–Trinajstić information content (AvgIpc) is 3.12. The lowest BCUT2D eigenvalue weighted by molar-refractivity contribution is 0.414. The van der Waals surface area contributed by atoms with Crippen molar-refractivity contribution in [2.45, 2.75) is 6.04 Å². The summed E-state index contributed by atoms with van der Waals surface area (Å²) in [5.74, 6) is 1.70. The fraction of sp³-hybridized carbons (Fsp3) is 0.0870. The molecule has 0 fully saturated rings. The highest BCUT2D eigenvalue weighted by Gasteiger charge is 2.25. The third-order valence-electron chi connectivity index (χ3n) is 5.06. The van der Waals surface area contributed by atoms with Crippen LogP contribution in [-0.2, 0) is 0 Å². The van der Waals surface area contributed by atoms with Crippen LogP contribution in [0.3, 0.4) is 0 Å². The van der Waals surface area contributed by atoms with E-state index in [0.717, 1.165) is 38.5 Å². The van der Waals surface area contributed by atoms with Gasteiger partial charge in [-0.25, -0.2) is 4.98 Å². The van der Waals surface area contributed by atoms with E-state index in [4.69, 9.17) is 9.72 Å². The van der Waals surface area contributed by atoms with E-state index < -0.39 is 0 Å². The highest BCUT2D eigenvalue weighted by atomic mass is 79.9. The van der Waals surface area contributed by atoms with Crippen molar-refractivity contribution >= 4 is 38.6 Å². The molecule has 1 unspecified atom stereocenters. The zero-order valence-electron chi connectivity index (χ0n) is 15.3. The average molecular weight is 432 g/mol. The second-order valence-electron chi connectivity index (χ2n) is 6.72. The van der Waals surface area contributed by atoms with Crippen LogP contribution in [0.5, 0.6) is 5.75 Å². The molecule has 5 heteroatoms. The molecule has 0 spiro atoms. The molecule has 0 radical (unpaired) electrons. The molecule has 4 nitrogen and oxygen atoms in total. The number of benzene rings is 3. The van der Waals surface area contributed by atoms with Crippen molar-refractivity contribution in [3.8, 4) is 5.75 Å². The molecule has 0 bridgehead atoms. The number of nitrogens with zero attached hydrogens (tertiary/aromatic N) is 2. The van der Waals surface area contributed by atoms with E-state index in [-0.39, 0.29) is 6.04 Å². The lowest BCUT2D eigenvalue weighted by atomic mass is 10.0. The summed E-state index contributed by atoms with van der Waals surface area (Å²) < 4.78 is 8.64. The summed E-state index contributed by atoms with van der Waals surface area (Å²) in [6.45, 7) is 0. The fourth-order valence-electron chi connectivity index (χ4n) is 3.65. The van der Waals surface area contributed by atoms with Crippen LogP contribution in [0.1, 0.15) is 17.2 Å². The molecule has 4 aromatic rings. The summed E-state index contributed by atoms with van der Waals surface area (Å²) in [6, 6.07) is 24.8. The van der Waals surface area contributed by atoms with Gasteiger partial charge >= 0.3 is 0 Å². The molecule has 2 heterocycles. The monoisotopic (exact) mass is 431 g/mol. The van der Waals surface area contributed by atoms with Gasteiger partial charge in [0.1, 0.15) is 5.75 Å². The van der Waals surface area contributed by atoms with E-state index in [0.29, 0.717) is 0 Å². The van der Waals surface area contributed by atoms with Gasteiger partial charge in [-0.05, 0) is 53.6 Å². The summed E-state index contributed by atoms with van der Waals surface area (Å²) in [6.07, 6.45) is 2.26. The summed E-state index contributed by atoms with van der Waals surface area (Å²) in [5, 5.41) is 3.52. The van der Waals surface area contributed by atoms with Crippen LogP contribution < -0.4 is 10.1 Å². The van der Waals surface area contributed by atoms with E-state index in [2.05, 4.69) is 80.4 Å². The molecular weight excluding hydrogens is 414 g/mol. The van der Waals surface area contributed by atoms with Gasteiger partial charge in [-0.15, -0.1) is 0 Å². The number of imidazole rings is 1. The summed E-state index contributed by atoms with van der Waals surface area (Å²) >= 11 is 3.51. The van der Waals surface area contributed by atoms with Gasteiger partial charge in [0.25, 0.3) is 0 Å². The molecule has 1 N–H and O–H groups in total. The van der Waals surface area contributed by atoms with E-state index in [9.17, 15) is 0 Å². The largest absolute Gasteiger partial charge is 0.497 e. The van der Waals surface area contributed by atoms with Gasteiger partial charge in [0.15, 0.2) is 0 Å². The van der Waals surface area contributed by atoms with Gasteiger partial charge in [0.05, 0.1) is 24.2 Å². The third kappa shape index (κ3) is 2.88. The van der Waals surface area contributed by atoms with Crippen molar-refractivity contribution < 1.29 is 4.74 Å². The molecule has 5 rings (SSSR count). The Morgan fingerprint density at radius 2 is 1.71 bits per heavy atom. The van der Waals surface area contributed by atoms with Gasteiger partial charge in [0, 0.05) is 10.2 Å². The molecule has 138 valence electrons. The molecule has 0 saturated heterocycles. The predicted octanol–water partition coefficient (Wildman–Crippen LogP) is 5.86. The minimum absolute atomic E-state index is 0.0354. The van der Waals surface area contributed by atoms with Crippen molar-refractivity contribution in [1.29, 1.82) is 0 Å². The van der Waals surface area contributed by atoms with E-state index in [1.807, 2.05) is 24.3 Å². The number of ether oxygens (including phenoxy) is 1. The van der Waals surface area contributed by atoms with Crippen molar-refractivity contribution in [3.63, 3.8) is 0 Å². The van der Waals surface area contributed by atoms with Crippen LogP contribution in [0.15, 0.2) is 83.3 Å². The molecule has 3 aromatic carbocycles. The first-order valence-electron chi connectivity index (χ1n) is 9.08. The maximum Gasteiger partial charge on any atom is 0.209 e. The number of para-hydroxylation sites is 2. The predicted molar refractivity (Wildman–Crippen MR) is 117 cm³/mol. The Kier molecular flexibility index (Phi) is 4.17. The number of aromatic nitrogens is 2. The molecule has 0 amide bonds. The molecule has 1 atom stereocenters. The van der Waals surface area contributed by atoms with Crippen LogP contribution >= 0.6 is 15.9 Å². The SMILES string of the molecule is COc1ccc(C2C=C(c3ccc(Br)cc3)Nc3nc4ccccc4n32)cc1. The first-order valence-corrected chi connectivity index (χ1v) is 9.88. The van der Waals surface area contributed by atoms with E-state index in [1.165, 1.54) is 5.56 Å². The lowest BCUT2D eigenvalue weighted by Crippen LogP contribution is -2.19. The van der Waals surface area contributed by atoms with Crippen LogP contribution in [0.4, 0.5) is 5.95 Å². The molecule has 1 aliphatic heterocycles. The van der Waals surface area contributed by atoms with Crippen molar-refractivity contribution in [2.24, 2.45) is 0 Å². The normalized spacial score (nSPS) is 15.6. The highest BCUT2D eigenvalue weighted by molar-refractivity contribution is 9.10. The maximum absolute atomic E-state index is 5.33. The van der Waals surface area contributed by atoms with Crippen LogP contribution in [0.2, 0.25) is 0 Å². The Hall–Kier alpha value is -3.05. The summed E-state index contributed by atoms with van der Waals surface area (Å²) in [5.41, 5.74) is 5.45. The van der Waals surface area contributed by atoms with Crippen molar-refractivity contribution in [2.75, 3.05) is 12.4 Å². The Bertz CT molecular complexity index is 1180. The minimum Gasteiger partial charge on any atom is -0.497 e. The van der Waals surface area contributed by atoms with Gasteiger partial charge in [0.2, 0.25) is 5.95 Å². The number of methoxy groups -OCH3 is 1. The van der Waals surface area contributed by atoms with Gasteiger partial charge in [-0.1, -0.05) is 52.3 Å². The quantitative estimate of drug-likeness (QED) is 0.441. The second-order valence-corrected chi connectivity index (χ2v) is 7.64. The molecule has 28 heavy (non-hydrogen) atoms. The molecular formula is C23H18BrN3O. The number of halogens is 1. The Balaban J connectivity index is 1.68. The maximum atomic E-state index is 5.33. The first-order chi connectivity index (χ1) is 13.7. The lowest BCUT2D eigenvalue weighted by Gasteiger charge is -2.26. The zero-order chi connectivity index (χ0) is 19.1. The minimum atomic E-state index is 0.0354.